The molecule has 1 N–H and O–H groups in total. The summed E-state index contributed by atoms with van der Waals surface area (Å²) in [5.41, 5.74) is 7.22. The van der Waals surface area contributed by atoms with E-state index in [1.165, 1.54) is 27.8 Å². The van der Waals surface area contributed by atoms with Gasteiger partial charge in [-0.2, -0.15) is 0 Å². The van der Waals surface area contributed by atoms with Gasteiger partial charge in [0.25, 0.3) is 0 Å². The highest BCUT2D eigenvalue weighted by Crippen LogP contribution is 2.28. The smallest absolute Gasteiger partial charge is 0.303 e. The number of hydrogen-bond donors (Lipinski definition) is 1. The number of hydrogen-bond acceptors (Lipinski definition) is 1. The van der Waals surface area contributed by atoms with Gasteiger partial charge in [0.15, 0.2) is 0 Å². The van der Waals surface area contributed by atoms with Crippen LogP contribution >= 0.6 is 0 Å². The van der Waals surface area contributed by atoms with Gasteiger partial charge in [-0.15, -0.1) is 0 Å². The maximum Gasteiger partial charge on any atom is 0.303 e. The first-order chi connectivity index (χ1) is 9.47. The van der Waals surface area contributed by atoms with Gasteiger partial charge in [0, 0.05) is 6.42 Å². The van der Waals surface area contributed by atoms with Gasteiger partial charge in [-0.1, -0.05) is 42.0 Å². The van der Waals surface area contributed by atoms with Gasteiger partial charge in [-0.25, -0.2) is 0 Å². The highest BCUT2D eigenvalue weighted by molar-refractivity contribution is 5.72. The molecule has 0 spiro atoms. The summed E-state index contributed by atoms with van der Waals surface area (Å²) in [7, 11) is 0. The maximum absolute atomic E-state index is 10.7. The van der Waals surface area contributed by atoms with Crippen molar-refractivity contribution in [2.75, 3.05) is 0 Å². The molecule has 2 nitrogen and oxygen atoms in total. The number of benzene rings is 2. The fourth-order valence-corrected chi connectivity index (χ4v) is 2.39. The summed E-state index contributed by atoms with van der Waals surface area (Å²) in [5, 5.41) is 8.80. The van der Waals surface area contributed by atoms with Crippen molar-refractivity contribution in [2.24, 2.45) is 0 Å². The summed E-state index contributed by atoms with van der Waals surface area (Å²) >= 11 is 0. The summed E-state index contributed by atoms with van der Waals surface area (Å²) in [6, 6.07) is 12.7. The minimum absolute atomic E-state index is 0.176. The second-order valence-corrected chi connectivity index (χ2v) is 5.36. The lowest BCUT2D eigenvalue weighted by Crippen LogP contribution is -1.98. The Hall–Kier alpha value is -2.09. The van der Waals surface area contributed by atoms with Crippen LogP contribution < -0.4 is 0 Å². The second-order valence-electron chi connectivity index (χ2n) is 5.36. The van der Waals surface area contributed by atoms with E-state index in [0.29, 0.717) is 6.42 Å². The Balaban J connectivity index is 2.42. The zero-order valence-electron chi connectivity index (χ0n) is 12.2. The molecule has 2 heteroatoms. The lowest BCUT2D eigenvalue weighted by Gasteiger charge is -2.12. The quantitative estimate of drug-likeness (QED) is 0.897. The fourth-order valence-electron chi connectivity index (χ4n) is 2.39. The number of carbonyl (C=O) groups is 1. The summed E-state index contributed by atoms with van der Waals surface area (Å²) in [5.74, 6) is -0.751. The molecule has 0 radical (unpaired) electrons. The summed E-state index contributed by atoms with van der Waals surface area (Å²) < 4.78 is 0. The average Bonchev–Trinajstić information content (AvgIpc) is 2.41. The number of carboxylic acids is 1. The average molecular weight is 268 g/mol. The molecule has 0 heterocycles. The van der Waals surface area contributed by atoms with E-state index in [1.54, 1.807) is 0 Å². The lowest BCUT2D eigenvalue weighted by atomic mass is 9.93. The first-order valence-corrected chi connectivity index (χ1v) is 6.86. The molecule has 0 amide bonds. The molecule has 0 aromatic heterocycles. The Morgan fingerprint density at radius 3 is 2.20 bits per heavy atom. The molecule has 20 heavy (non-hydrogen) atoms. The normalized spacial score (nSPS) is 10.6. The summed E-state index contributed by atoms with van der Waals surface area (Å²) in [6.45, 7) is 6.29. The van der Waals surface area contributed by atoms with E-state index in [2.05, 4.69) is 51.1 Å². The molecule has 0 aliphatic heterocycles. The molecule has 2 aromatic rings. The number of aliphatic carboxylic acids is 1. The van der Waals surface area contributed by atoms with Crippen LogP contribution in [-0.4, -0.2) is 11.1 Å². The van der Waals surface area contributed by atoms with Crippen LogP contribution in [0.25, 0.3) is 11.1 Å². The predicted octanol–water partition coefficient (Wildman–Crippen LogP) is 4.30. The highest BCUT2D eigenvalue weighted by atomic mass is 16.4. The lowest BCUT2D eigenvalue weighted by molar-refractivity contribution is -0.136. The van der Waals surface area contributed by atoms with Crippen LogP contribution in [-0.2, 0) is 11.2 Å². The van der Waals surface area contributed by atoms with Crippen LogP contribution in [0.15, 0.2) is 36.4 Å². The van der Waals surface area contributed by atoms with E-state index >= 15 is 0 Å². The van der Waals surface area contributed by atoms with Crippen LogP contribution in [0.4, 0.5) is 0 Å². The number of aryl methyl sites for hydroxylation is 4. The maximum atomic E-state index is 10.7. The van der Waals surface area contributed by atoms with E-state index in [4.69, 9.17) is 5.11 Å². The molecule has 0 unspecified atom stereocenters. The van der Waals surface area contributed by atoms with Gasteiger partial charge in [0.2, 0.25) is 0 Å². The fraction of sp³-hybridized carbons (Fsp3) is 0.278. The molecular weight excluding hydrogens is 248 g/mol. The molecule has 2 rings (SSSR count). The second kappa shape index (κ2) is 5.91. The van der Waals surface area contributed by atoms with Gasteiger partial charge >= 0.3 is 5.97 Å². The van der Waals surface area contributed by atoms with Crippen LogP contribution in [0, 0.1) is 20.8 Å². The third kappa shape index (κ3) is 3.27. The molecule has 0 aliphatic rings. The van der Waals surface area contributed by atoms with Crippen molar-refractivity contribution in [1.82, 2.24) is 0 Å². The number of rotatable bonds is 4. The molecule has 0 saturated carbocycles. The summed E-state index contributed by atoms with van der Waals surface area (Å²) in [6.07, 6.45) is 0.753. The summed E-state index contributed by atoms with van der Waals surface area (Å²) in [4.78, 5) is 10.7. The van der Waals surface area contributed by atoms with Crippen molar-refractivity contribution >= 4 is 5.97 Å². The third-order valence-electron chi connectivity index (χ3n) is 3.61. The van der Waals surface area contributed by atoms with Crippen molar-refractivity contribution in [3.63, 3.8) is 0 Å². The van der Waals surface area contributed by atoms with E-state index in [1.807, 2.05) is 6.07 Å². The minimum atomic E-state index is -0.751. The standard InChI is InChI=1S/C18H20O2/c1-12-4-5-13(2)16(10-12)17-11-15(7-6-14(17)3)8-9-18(19)20/h4-7,10-11H,8-9H2,1-3H3,(H,19,20). The van der Waals surface area contributed by atoms with Gasteiger partial charge in [-0.05, 0) is 55.0 Å². The van der Waals surface area contributed by atoms with E-state index in [-0.39, 0.29) is 6.42 Å². The van der Waals surface area contributed by atoms with E-state index in [0.717, 1.165) is 5.56 Å². The topological polar surface area (TPSA) is 37.3 Å². The minimum Gasteiger partial charge on any atom is -0.481 e. The van der Waals surface area contributed by atoms with Crippen LogP contribution in [0.2, 0.25) is 0 Å². The van der Waals surface area contributed by atoms with Gasteiger partial charge < -0.3 is 5.11 Å². The molecule has 0 bridgehead atoms. The molecule has 2 aromatic carbocycles. The molecule has 0 saturated heterocycles. The monoisotopic (exact) mass is 268 g/mol. The molecule has 0 fully saturated rings. The van der Waals surface area contributed by atoms with Gasteiger partial charge in [0.05, 0.1) is 0 Å². The predicted molar refractivity (Wildman–Crippen MR) is 82.0 cm³/mol. The van der Waals surface area contributed by atoms with Crippen molar-refractivity contribution < 1.29 is 9.90 Å². The Bertz CT molecular complexity index is 642. The molecule has 0 atom stereocenters. The van der Waals surface area contributed by atoms with Gasteiger partial charge in [-0.3, -0.25) is 4.79 Å². The Morgan fingerprint density at radius 2 is 1.55 bits per heavy atom. The molecular formula is C18H20O2. The van der Waals surface area contributed by atoms with Crippen LogP contribution in [0.1, 0.15) is 28.7 Å². The zero-order valence-corrected chi connectivity index (χ0v) is 12.2. The third-order valence-corrected chi connectivity index (χ3v) is 3.61. The highest BCUT2D eigenvalue weighted by Gasteiger charge is 2.08. The first-order valence-electron chi connectivity index (χ1n) is 6.86. The van der Waals surface area contributed by atoms with E-state index in [9.17, 15) is 4.79 Å². The Morgan fingerprint density at radius 1 is 0.950 bits per heavy atom. The Kier molecular flexibility index (Phi) is 4.23. The SMILES string of the molecule is Cc1ccc(C)c(-c2cc(CCC(=O)O)ccc2C)c1. The van der Waals surface area contributed by atoms with Crippen LogP contribution in [0.3, 0.4) is 0 Å². The largest absolute Gasteiger partial charge is 0.481 e. The van der Waals surface area contributed by atoms with Crippen LogP contribution in [0.5, 0.6) is 0 Å². The zero-order chi connectivity index (χ0) is 14.7. The molecule has 104 valence electrons. The van der Waals surface area contributed by atoms with Crippen molar-refractivity contribution in [1.29, 1.82) is 0 Å². The van der Waals surface area contributed by atoms with Gasteiger partial charge in [0.1, 0.15) is 0 Å². The van der Waals surface area contributed by atoms with Crippen molar-refractivity contribution in [2.45, 2.75) is 33.6 Å². The first kappa shape index (κ1) is 14.3. The number of carboxylic acid groups (broad SMARTS) is 1. The Labute approximate surface area is 120 Å². The van der Waals surface area contributed by atoms with E-state index < -0.39 is 5.97 Å². The van der Waals surface area contributed by atoms with Crippen molar-refractivity contribution in [3.05, 3.63) is 58.7 Å². The molecule has 0 aliphatic carbocycles. The van der Waals surface area contributed by atoms with Crippen molar-refractivity contribution in [3.8, 4) is 11.1 Å².